The Morgan fingerprint density at radius 2 is 1.87 bits per heavy atom. The summed E-state index contributed by atoms with van der Waals surface area (Å²) in [5.74, 6) is 1.75. The van der Waals surface area contributed by atoms with Gasteiger partial charge in [-0.15, -0.1) is 0 Å². The molecule has 15 heavy (non-hydrogen) atoms. The molecule has 0 spiro atoms. The summed E-state index contributed by atoms with van der Waals surface area (Å²) in [6, 6.07) is 0.470. The molecule has 0 aromatic carbocycles. The van der Waals surface area contributed by atoms with Gasteiger partial charge in [0, 0.05) is 18.5 Å². The van der Waals surface area contributed by atoms with Crippen molar-refractivity contribution in [3.8, 4) is 0 Å². The van der Waals surface area contributed by atoms with Crippen molar-refractivity contribution in [2.45, 2.75) is 45.1 Å². The quantitative estimate of drug-likeness (QED) is 0.694. The topological polar surface area (TPSA) is 55.1 Å². The van der Waals surface area contributed by atoms with Gasteiger partial charge in [0.15, 0.2) is 0 Å². The summed E-state index contributed by atoms with van der Waals surface area (Å²) in [6.07, 6.45) is 6.08. The number of hydrogen-bond acceptors (Lipinski definition) is 2. The van der Waals surface area contributed by atoms with Crippen LogP contribution in [0.4, 0.5) is 0 Å². The van der Waals surface area contributed by atoms with Crippen molar-refractivity contribution in [1.82, 2.24) is 5.32 Å². The third-order valence-corrected chi connectivity index (χ3v) is 3.72. The van der Waals surface area contributed by atoms with E-state index in [0.29, 0.717) is 12.6 Å². The van der Waals surface area contributed by atoms with E-state index in [-0.39, 0.29) is 11.8 Å². The molecule has 86 valence electrons. The van der Waals surface area contributed by atoms with Gasteiger partial charge in [0.1, 0.15) is 0 Å². The number of nitrogens with two attached hydrogens (primary N) is 1. The predicted octanol–water partition coefficient (Wildman–Crippen LogP) is 1.28. The third kappa shape index (κ3) is 2.71. The van der Waals surface area contributed by atoms with Gasteiger partial charge in [0.25, 0.3) is 0 Å². The maximum absolute atomic E-state index is 11.9. The first-order chi connectivity index (χ1) is 7.26. The summed E-state index contributed by atoms with van der Waals surface area (Å²) in [5, 5.41) is 3.22. The van der Waals surface area contributed by atoms with E-state index in [0.717, 1.165) is 18.3 Å². The van der Waals surface area contributed by atoms with Gasteiger partial charge >= 0.3 is 0 Å². The van der Waals surface area contributed by atoms with E-state index in [2.05, 4.69) is 5.32 Å². The van der Waals surface area contributed by atoms with Crippen LogP contribution < -0.4 is 11.1 Å². The van der Waals surface area contributed by atoms with Crippen LogP contribution in [0.2, 0.25) is 0 Å². The molecule has 0 radical (unpaired) electrons. The Morgan fingerprint density at radius 1 is 1.33 bits per heavy atom. The Bertz CT molecular complexity index is 218. The van der Waals surface area contributed by atoms with E-state index >= 15 is 0 Å². The molecule has 2 rings (SSSR count). The van der Waals surface area contributed by atoms with E-state index in [1.807, 2.05) is 6.92 Å². The lowest BCUT2D eigenvalue weighted by Crippen LogP contribution is -2.43. The van der Waals surface area contributed by atoms with Crippen molar-refractivity contribution in [1.29, 1.82) is 0 Å². The highest BCUT2D eigenvalue weighted by molar-refractivity contribution is 5.79. The summed E-state index contributed by atoms with van der Waals surface area (Å²) in [5.41, 5.74) is 5.58. The van der Waals surface area contributed by atoms with E-state index in [9.17, 15) is 4.79 Å². The highest BCUT2D eigenvalue weighted by Crippen LogP contribution is 2.44. The Balaban J connectivity index is 1.84. The Labute approximate surface area is 91.8 Å². The SMILES string of the molecule is CCC(CN)C(=O)NC(C1CC1)C1CC1. The molecule has 0 aromatic rings. The first-order valence-corrected chi connectivity index (χ1v) is 6.26. The second-order valence-corrected chi connectivity index (χ2v) is 5.05. The van der Waals surface area contributed by atoms with Crippen LogP contribution in [0.25, 0.3) is 0 Å². The zero-order valence-electron chi connectivity index (χ0n) is 9.54. The lowest BCUT2D eigenvalue weighted by molar-refractivity contribution is -0.125. The molecule has 0 heterocycles. The molecule has 2 aliphatic carbocycles. The summed E-state index contributed by atoms with van der Waals surface area (Å²) >= 11 is 0. The van der Waals surface area contributed by atoms with Gasteiger partial charge in [-0.2, -0.15) is 0 Å². The number of nitrogens with one attached hydrogen (secondary N) is 1. The molecule has 1 amide bonds. The van der Waals surface area contributed by atoms with Gasteiger partial charge in [-0.05, 0) is 43.9 Å². The first kappa shape index (κ1) is 10.9. The second-order valence-electron chi connectivity index (χ2n) is 5.05. The maximum atomic E-state index is 11.9. The zero-order valence-corrected chi connectivity index (χ0v) is 9.54. The average Bonchev–Trinajstić information content (AvgIpc) is 3.08. The molecule has 0 aliphatic heterocycles. The van der Waals surface area contributed by atoms with Crippen LogP contribution in [0.1, 0.15) is 39.0 Å². The molecule has 0 saturated heterocycles. The Hall–Kier alpha value is -0.570. The molecular weight excluding hydrogens is 188 g/mol. The molecule has 1 unspecified atom stereocenters. The van der Waals surface area contributed by atoms with E-state index in [1.165, 1.54) is 25.7 Å². The third-order valence-electron chi connectivity index (χ3n) is 3.72. The zero-order chi connectivity index (χ0) is 10.8. The van der Waals surface area contributed by atoms with E-state index in [1.54, 1.807) is 0 Å². The molecule has 0 bridgehead atoms. The molecular formula is C12H22N2O. The van der Waals surface area contributed by atoms with Gasteiger partial charge in [-0.25, -0.2) is 0 Å². The summed E-state index contributed by atoms with van der Waals surface area (Å²) < 4.78 is 0. The first-order valence-electron chi connectivity index (χ1n) is 6.26. The minimum Gasteiger partial charge on any atom is -0.353 e. The Kier molecular flexibility index (Phi) is 3.29. The minimum absolute atomic E-state index is 0.0185. The highest BCUT2D eigenvalue weighted by Gasteiger charge is 2.42. The van der Waals surface area contributed by atoms with Crippen LogP contribution in [-0.4, -0.2) is 18.5 Å². The molecule has 2 fully saturated rings. The van der Waals surface area contributed by atoms with Crippen LogP contribution in [0.5, 0.6) is 0 Å². The van der Waals surface area contributed by atoms with Crippen LogP contribution in [0.3, 0.4) is 0 Å². The van der Waals surface area contributed by atoms with Crippen LogP contribution in [0.15, 0.2) is 0 Å². The molecule has 3 heteroatoms. The highest BCUT2D eigenvalue weighted by atomic mass is 16.2. The average molecular weight is 210 g/mol. The van der Waals surface area contributed by atoms with Crippen molar-refractivity contribution in [2.24, 2.45) is 23.5 Å². The molecule has 1 atom stereocenters. The molecule has 2 aliphatic rings. The van der Waals surface area contributed by atoms with Gasteiger partial charge in [-0.3, -0.25) is 4.79 Å². The molecule has 2 saturated carbocycles. The fraction of sp³-hybridized carbons (Fsp3) is 0.917. The lowest BCUT2D eigenvalue weighted by atomic mass is 10.0. The molecule has 3 N–H and O–H groups in total. The summed E-state index contributed by atoms with van der Waals surface area (Å²) in [6.45, 7) is 2.50. The fourth-order valence-electron chi connectivity index (χ4n) is 2.27. The number of amides is 1. The smallest absolute Gasteiger partial charge is 0.224 e. The van der Waals surface area contributed by atoms with Gasteiger partial charge in [0.2, 0.25) is 5.91 Å². The van der Waals surface area contributed by atoms with Crippen LogP contribution in [-0.2, 0) is 4.79 Å². The largest absolute Gasteiger partial charge is 0.353 e. The molecule has 3 nitrogen and oxygen atoms in total. The second kappa shape index (κ2) is 4.52. The Morgan fingerprint density at radius 3 is 2.20 bits per heavy atom. The minimum atomic E-state index is 0.0185. The van der Waals surface area contributed by atoms with E-state index in [4.69, 9.17) is 5.73 Å². The lowest BCUT2D eigenvalue weighted by Gasteiger charge is -2.21. The monoisotopic (exact) mass is 210 g/mol. The van der Waals surface area contributed by atoms with E-state index < -0.39 is 0 Å². The summed E-state index contributed by atoms with van der Waals surface area (Å²) in [7, 11) is 0. The predicted molar refractivity (Wildman–Crippen MR) is 60.2 cm³/mol. The number of carbonyl (C=O) groups excluding carboxylic acids is 1. The van der Waals surface area contributed by atoms with Crippen molar-refractivity contribution in [3.63, 3.8) is 0 Å². The molecule has 0 aromatic heterocycles. The number of rotatable bonds is 6. The standard InChI is InChI=1S/C12H22N2O/c1-2-8(7-13)12(15)14-11(9-3-4-9)10-5-6-10/h8-11H,2-7,13H2,1H3,(H,14,15). The van der Waals surface area contributed by atoms with Crippen molar-refractivity contribution in [2.75, 3.05) is 6.54 Å². The maximum Gasteiger partial charge on any atom is 0.224 e. The van der Waals surface area contributed by atoms with Crippen LogP contribution >= 0.6 is 0 Å². The number of hydrogen-bond donors (Lipinski definition) is 2. The number of carbonyl (C=O) groups is 1. The van der Waals surface area contributed by atoms with Gasteiger partial charge < -0.3 is 11.1 Å². The van der Waals surface area contributed by atoms with Crippen molar-refractivity contribution < 1.29 is 4.79 Å². The fourth-order valence-corrected chi connectivity index (χ4v) is 2.27. The van der Waals surface area contributed by atoms with Crippen molar-refractivity contribution in [3.05, 3.63) is 0 Å². The van der Waals surface area contributed by atoms with Gasteiger partial charge in [0.05, 0.1) is 0 Å². The van der Waals surface area contributed by atoms with Gasteiger partial charge in [-0.1, -0.05) is 6.92 Å². The van der Waals surface area contributed by atoms with Crippen LogP contribution in [0, 0.1) is 17.8 Å². The van der Waals surface area contributed by atoms with Crippen molar-refractivity contribution >= 4 is 5.91 Å². The normalized spacial score (nSPS) is 22.9. The summed E-state index contributed by atoms with van der Waals surface area (Å²) in [4.78, 5) is 11.9.